The molecular weight excluding hydrogens is 619 g/mol. The highest BCUT2D eigenvalue weighted by Crippen LogP contribution is 2.38. The number of aldehydes is 1. The van der Waals surface area contributed by atoms with Crippen LogP contribution in [0.3, 0.4) is 0 Å². The first-order chi connectivity index (χ1) is 18.9. The molecule has 10 nitrogen and oxygen atoms in total. The zero-order valence-electron chi connectivity index (χ0n) is 22.1. The minimum absolute atomic E-state index is 0.0476. The van der Waals surface area contributed by atoms with Crippen molar-refractivity contribution in [2.24, 2.45) is 5.92 Å². The number of hydrogen-bond acceptors (Lipinski definition) is 8. The number of aliphatic hydroxyl groups is 2. The lowest BCUT2D eigenvalue weighted by Gasteiger charge is -2.46. The van der Waals surface area contributed by atoms with Crippen molar-refractivity contribution in [3.05, 3.63) is 32.9 Å². The quantitative estimate of drug-likeness (QED) is 0.258. The van der Waals surface area contributed by atoms with Gasteiger partial charge >= 0.3 is 0 Å². The number of rotatable bonds is 10. The Balaban J connectivity index is 1.71. The predicted molar refractivity (Wildman–Crippen MR) is 151 cm³/mol. The summed E-state index contributed by atoms with van der Waals surface area (Å²) < 4.78 is 17.9. The molecule has 3 N–H and O–H groups in total. The number of benzene rings is 1. The molecule has 0 spiro atoms. The van der Waals surface area contributed by atoms with E-state index < -0.39 is 18.2 Å². The standard InChI is InChI=1S/C28H37IN2O8/c1-37-24-12-17(15-33)11-21(29)26(24)39-23-14-19(27(35)30-8-9-32)13-22(25(23)34)31(20-5-3-2-4-6-20)28(36)18-7-10-38-16-18/h11-12,14-15,18,20,22-23,25,32,34H,2-10,13,16H2,1H3,(H,30,35)/t18?,22-,23+,25+/m1/s1. The summed E-state index contributed by atoms with van der Waals surface area (Å²) in [4.78, 5) is 40.2. The maximum atomic E-state index is 13.9. The van der Waals surface area contributed by atoms with E-state index in [-0.39, 0.29) is 43.3 Å². The maximum Gasteiger partial charge on any atom is 0.247 e. The lowest BCUT2D eigenvalue weighted by molar-refractivity contribution is -0.147. The summed E-state index contributed by atoms with van der Waals surface area (Å²) in [6.07, 6.45) is 5.76. The van der Waals surface area contributed by atoms with Crippen molar-refractivity contribution in [2.75, 3.05) is 33.5 Å². The van der Waals surface area contributed by atoms with Gasteiger partial charge in [-0.05, 0) is 60.1 Å². The number of carbonyl (C=O) groups excluding carboxylic acids is 3. The second kappa shape index (κ2) is 13.9. The van der Waals surface area contributed by atoms with Crippen molar-refractivity contribution in [1.29, 1.82) is 0 Å². The molecule has 11 heteroatoms. The molecule has 4 atom stereocenters. The molecule has 4 rings (SSSR count). The summed E-state index contributed by atoms with van der Waals surface area (Å²) in [6, 6.07) is 2.46. The van der Waals surface area contributed by atoms with Gasteiger partial charge in [0.25, 0.3) is 0 Å². The first-order valence-electron chi connectivity index (χ1n) is 13.5. The van der Waals surface area contributed by atoms with Crippen LogP contribution in [0.5, 0.6) is 11.5 Å². The third-order valence-electron chi connectivity index (χ3n) is 7.71. The van der Waals surface area contributed by atoms with Gasteiger partial charge in [0.15, 0.2) is 11.5 Å². The van der Waals surface area contributed by atoms with E-state index in [9.17, 15) is 24.6 Å². The van der Waals surface area contributed by atoms with Gasteiger partial charge in [-0.15, -0.1) is 0 Å². The van der Waals surface area contributed by atoms with Crippen molar-refractivity contribution in [1.82, 2.24) is 10.2 Å². The number of ether oxygens (including phenoxy) is 3. The van der Waals surface area contributed by atoms with Crippen LogP contribution in [0, 0.1) is 9.49 Å². The number of hydrogen-bond donors (Lipinski definition) is 3. The molecule has 2 aliphatic carbocycles. The van der Waals surface area contributed by atoms with Gasteiger partial charge < -0.3 is 34.6 Å². The molecule has 1 aromatic carbocycles. The zero-order valence-corrected chi connectivity index (χ0v) is 24.3. The Bertz CT molecular complexity index is 1070. The van der Waals surface area contributed by atoms with Crippen LogP contribution in [0.4, 0.5) is 0 Å². The molecule has 0 aromatic heterocycles. The van der Waals surface area contributed by atoms with Crippen LogP contribution in [-0.2, 0) is 14.3 Å². The van der Waals surface area contributed by atoms with E-state index in [0.717, 1.165) is 32.1 Å². The van der Waals surface area contributed by atoms with Crippen LogP contribution in [-0.4, -0.2) is 91.0 Å². The Hall–Kier alpha value is -2.22. The second-order valence-electron chi connectivity index (χ2n) is 10.3. The number of nitrogens with zero attached hydrogens (tertiary/aromatic N) is 1. The highest BCUT2D eigenvalue weighted by Gasteiger charge is 2.45. The third kappa shape index (κ3) is 6.93. The van der Waals surface area contributed by atoms with E-state index in [1.165, 1.54) is 7.11 Å². The minimum Gasteiger partial charge on any atom is -0.493 e. The molecule has 1 heterocycles. The molecule has 2 amide bonds. The van der Waals surface area contributed by atoms with E-state index in [0.29, 0.717) is 52.1 Å². The van der Waals surface area contributed by atoms with Crippen molar-refractivity contribution >= 4 is 40.7 Å². The Morgan fingerprint density at radius 1 is 1.23 bits per heavy atom. The smallest absolute Gasteiger partial charge is 0.247 e. The first kappa shape index (κ1) is 29.8. The maximum absolute atomic E-state index is 13.9. The molecule has 0 radical (unpaired) electrons. The van der Waals surface area contributed by atoms with Gasteiger partial charge in [-0.1, -0.05) is 19.3 Å². The topological polar surface area (TPSA) is 135 Å². The second-order valence-corrected chi connectivity index (χ2v) is 11.4. The molecule has 1 saturated carbocycles. The van der Waals surface area contributed by atoms with E-state index >= 15 is 0 Å². The molecule has 1 unspecified atom stereocenters. The van der Waals surface area contributed by atoms with Crippen molar-refractivity contribution in [3.63, 3.8) is 0 Å². The van der Waals surface area contributed by atoms with Gasteiger partial charge in [-0.3, -0.25) is 14.4 Å². The van der Waals surface area contributed by atoms with Crippen LogP contribution in [0.1, 0.15) is 55.3 Å². The molecule has 1 aromatic rings. The lowest BCUT2D eigenvalue weighted by atomic mass is 9.84. The van der Waals surface area contributed by atoms with Crippen LogP contribution >= 0.6 is 22.6 Å². The van der Waals surface area contributed by atoms with E-state index in [2.05, 4.69) is 5.32 Å². The van der Waals surface area contributed by atoms with E-state index in [1.54, 1.807) is 18.2 Å². The first-order valence-corrected chi connectivity index (χ1v) is 14.6. The van der Waals surface area contributed by atoms with Crippen LogP contribution < -0.4 is 14.8 Å². The highest BCUT2D eigenvalue weighted by atomic mass is 127. The van der Waals surface area contributed by atoms with Gasteiger partial charge in [0.2, 0.25) is 11.8 Å². The Kier molecular flexibility index (Phi) is 10.6. The number of aliphatic hydroxyl groups excluding tert-OH is 2. The Morgan fingerprint density at radius 2 is 2.00 bits per heavy atom. The van der Waals surface area contributed by atoms with E-state index in [4.69, 9.17) is 14.2 Å². The average Bonchev–Trinajstić information content (AvgIpc) is 3.50. The fourth-order valence-corrected chi connectivity index (χ4v) is 6.47. The van der Waals surface area contributed by atoms with Gasteiger partial charge in [0.05, 0.1) is 35.9 Å². The molecular formula is C28H37IN2O8. The summed E-state index contributed by atoms with van der Waals surface area (Å²) in [5, 5.41) is 23.7. The normalized spacial score (nSPS) is 25.5. The van der Waals surface area contributed by atoms with Gasteiger partial charge in [-0.2, -0.15) is 0 Å². The Morgan fingerprint density at radius 3 is 2.64 bits per heavy atom. The fourth-order valence-electron chi connectivity index (χ4n) is 5.72. The highest BCUT2D eigenvalue weighted by molar-refractivity contribution is 14.1. The molecule has 0 bridgehead atoms. The summed E-state index contributed by atoms with van der Waals surface area (Å²) in [6.45, 7) is 0.747. The largest absolute Gasteiger partial charge is 0.493 e. The van der Waals surface area contributed by atoms with E-state index in [1.807, 2.05) is 27.5 Å². The fraction of sp³-hybridized carbons (Fsp3) is 0.607. The molecule has 39 heavy (non-hydrogen) atoms. The molecule has 214 valence electrons. The van der Waals surface area contributed by atoms with Gasteiger partial charge in [-0.25, -0.2) is 0 Å². The third-order valence-corrected chi connectivity index (χ3v) is 8.52. The number of nitrogens with one attached hydrogen (secondary N) is 1. The number of carbonyl (C=O) groups is 3. The molecule has 3 aliphatic rings. The summed E-state index contributed by atoms with van der Waals surface area (Å²) in [7, 11) is 1.46. The van der Waals surface area contributed by atoms with Crippen molar-refractivity contribution < 1.29 is 38.8 Å². The molecule has 1 saturated heterocycles. The number of amides is 2. The lowest BCUT2D eigenvalue weighted by Crippen LogP contribution is -2.59. The monoisotopic (exact) mass is 656 g/mol. The predicted octanol–water partition coefficient (Wildman–Crippen LogP) is 2.23. The van der Waals surface area contributed by atoms with Crippen molar-refractivity contribution in [2.45, 2.75) is 69.2 Å². The van der Waals surface area contributed by atoms with Gasteiger partial charge in [0, 0.05) is 36.8 Å². The van der Waals surface area contributed by atoms with Crippen LogP contribution in [0.15, 0.2) is 23.8 Å². The molecule has 2 fully saturated rings. The average molecular weight is 657 g/mol. The SMILES string of the molecule is COc1cc(C=O)cc(I)c1O[C@H]1C=C(C(=O)NCCO)C[C@@H](N(C(=O)C2CCOC2)C2CCCCC2)[C@@H]1O. The summed E-state index contributed by atoms with van der Waals surface area (Å²) in [5.74, 6) is -0.0664. The molecule has 1 aliphatic heterocycles. The minimum atomic E-state index is -1.13. The Labute approximate surface area is 242 Å². The summed E-state index contributed by atoms with van der Waals surface area (Å²) >= 11 is 2.04. The number of halogens is 1. The summed E-state index contributed by atoms with van der Waals surface area (Å²) in [5.41, 5.74) is 0.789. The van der Waals surface area contributed by atoms with Crippen LogP contribution in [0.2, 0.25) is 0 Å². The van der Waals surface area contributed by atoms with Crippen molar-refractivity contribution in [3.8, 4) is 11.5 Å². The number of methoxy groups -OCH3 is 1. The van der Waals surface area contributed by atoms with Crippen LogP contribution in [0.25, 0.3) is 0 Å². The zero-order chi connectivity index (χ0) is 27.9. The van der Waals surface area contributed by atoms with Gasteiger partial charge in [0.1, 0.15) is 18.5 Å².